The molecule has 0 N–H and O–H groups in total. The van der Waals surface area contributed by atoms with E-state index in [9.17, 15) is 41.4 Å². The number of amides is 1. The fourth-order valence-electron chi connectivity index (χ4n) is 3.87. The minimum absolute atomic E-state index is 0.0260. The van der Waals surface area contributed by atoms with Crippen LogP contribution >= 0.6 is 0 Å². The molecule has 3 unspecified atom stereocenters. The Morgan fingerprint density at radius 1 is 1.38 bits per heavy atom. The van der Waals surface area contributed by atoms with Crippen LogP contribution in [0.4, 0.5) is 18.0 Å². The Hall–Kier alpha value is -1.98. The van der Waals surface area contributed by atoms with Gasteiger partial charge in [0.2, 0.25) is 0 Å². The fraction of sp³-hybridized carbons (Fsp3) is 0.714. The summed E-state index contributed by atoms with van der Waals surface area (Å²) in [5.41, 5.74) is -6.43. The lowest BCUT2D eigenvalue weighted by Gasteiger charge is -2.37. The van der Waals surface area contributed by atoms with Gasteiger partial charge in [0.05, 0.1) is 12.0 Å². The van der Waals surface area contributed by atoms with E-state index in [4.69, 9.17) is 0 Å². The normalized spacial score (nSPS) is 29.5. The van der Waals surface area contributed by atoms with Crippen LogP contribution in [0.2, 0.25) is 0 Å². The van der Waals surface area contributed by atoms with Gasteiger partial charge in [-0.15, -0.1) is 0 Å². The maximum atomic E-state index is 12.4. The molecule has 26 heavy (non-hydrogen) atoms. The van der Waals surface area contributed by atoms with E-state index >= 15 is 0 Å². The number of halogens is 3. The summed E-state index contributed by atoms with van der Waals surface area (Å²) in [5, 5.41) is 22.6. The van der Waals surface area contributed by atoms with Crippen molar-refractivity contribution in [3.63, 3.8) is 0 Å². The van der Waals surface area contributed by atoms with Crippen LogP contribution in [-0.4, -0.2) is 43.5 Å². The van der Waals surface area contributed by atoms with Gasteiger partial charge in [-0.3, -0.25) is 0 Å². The molecule has 0 aromatic rings. The SMILES string of the molecule is CCC1C(C(=O)[O-])N(C(=O)[O-])CC12CC=C(OS(=O)(=O)C(F)(F)F)CC2. The third kappa shape index (κ3) is 3.46. The van der Waals surface area contributed by atoms with Crippen molar-refractivity contribution in [3.05, 3.63) is 11.8 Å². The zero-order chi connectivity index (χ0) is 19.9. The quantitative estimate of drug-likeness (QED) is 0.469. The lowest BCUT2D eigenvalue weighted by molar-refractivity contribution is -0.316. The van der Waals surface area contributed by atoms with E-state index in [2.05, 4.69) is 4.18 Å². The van der Waals surface area contributed by atoms with Gasteiger partial charge in [-0.1, -0.05) is 13.3 Å². The number of allylic oxidation sites excluding steroid dienone is 2. The van der Waals surface area contributed by atoms with Gasteiger partial charge in [0, 0.05) is 13.0 Å². The Balaban J connectivity index is 2.26. The molecule has 0 aromatic heterocycles. The third-order valence-electron chi connectivity index (χ3n) is 5.01. The van der Waals surface area contributed by atoms with Gasteiger partial charge >= 0.3 is 15.6 Å². The Kier molecular flexibility index (Phi) is 5.19. The summed E-state index contributed by atoms with van der Waals surface area (Å²) in [5.74, 6) is -2.63. The number of nitrogens with zero attached hydrogens (tertiary/aromatic N) is 1. The van der Waals surface area contributed by atoms with Crippen molar-refractivity contribution in [2.24, 2.45) is 11.3 Å². The molecule has 1 aliphatic carbocycles. The van der Waals surface area contributed by atoms with E-state index in [1.807, 2.05) is 0 Å². The minimum Gasteiger partial charge on any atom is -0.548 e. The van der Waals surface area contributed by atoms with Gasteiger partial charge in [-0.05, 0) is 30.3 Å². The van der Waals surface area contributed by atoms with Crippen LogP contribution in [0.1, 0.15) is 32.6 Å². The molecule has 1 heterocycles. The van der Waals surface area contributed by atoms with Gasteiger partial charge in [0.15, 0.2) is 0 Å². The Morgan fingerprint density at radius 3 is 2.38 bits per heavy atom. The lowest BCUT2D eigenvalue weighted by Crippen LogP contribution is -2.53. The van der Waals surface area contributed by atoms with Crippen LogP contribution in [0.25, 0.3) is 0 Å². The number of alkyl halides is 3. The molecule has 0 aromatic carbocycles. The first-order valence-electron chi connectivity index (χ1n) is 7.73. The van der Waals surface area contributed by atoms with Crippen molar-refractivity contribution in [2.75, 3.05) is 6.54 Å². The van der Waals surface area contributed by atoms with E-state index in [1.165, 1.54) is 0 Å². The summed E-state index contributed by atoms with van der Waals surface area (Å²) in [6.45, 7) is 1.47. The second kappa shape index (κ2) is 6.63. The van der Waals surface area contributed by atoms with Gasteiger partial charge in [-0.25, -0.2) is 0 Å². The second-order valence-corrected chi connectivity index (χ2v) is 7.93. The molecule has 2 aliphatic rings. The largest absolute Gasteiger partial charge is 0.548 e. The minimum atomic E-state index is -5.79. The van der Waals surface area contributed by atoms with Crippen molar-refractivity contribution in [1.82, 2.24) is 4.90 Å². The van der Waals surface area contributed by atoms with E-state index in [0.29, 0.717) is 4.90 Å². The Bertz CT molecular complexity index is 733. The molecule has 0 radical (unpaired) electrons. The van der Waals surface area contributed by atoms with E-state index in [1.54, 1.807) is 6.92 Å². The topological polar surface area (TPSA) is 127 Å². The van der Waals surface area contributed by atoms with Gasteiger partial charge in [0.1, 0.15) is 11.9 Å². The number of rotatable bonds is 4. The average molecular weight is 399 g/mol. The molecular formula is C14H16F3NO7S-2. The monoisotopic (exact) mass is 399 g/mol. The fourth-order valence-corrected chi connectivity index (χ4v) is 4.40. The summed E-state index contributed by atoms with van der Waals surface area (Å²) >= 11 is 0. The second-order valence-electron chi connectivity index (χ2n) is 6.39. The number of hydrogen-bond donors (Lipinski definition) is 0. The maximum absolute atomic E-state index is 12.4. The van der Waals surface area contributed by atoms with E-state index < -0.39 is 50.8 Å². The van der Waals surface area contributed by atoms with Crippen LogP contribution in [0.15, 0.2) is 11.8 Å². The molecule has 0 saturated carbocycles. The van der Waals surface area contributed by atoms with Crippen LogP contribution in [0.3, 0.4) is 0 Å². The van der Waals surface area contributed by atoms with Crippen molar-refractivity contribution in [1.29, 1.82) is 0 Å². The molecule has 2 rings (SSSR count). The smallest absolute Gasteiger partial charge is 0.534 e. The highest BCUT2D eigenvalue weighted by Crippen LogP contribution is 2.51. The van der Waals surface area contributed by atoms with Crippen molar-refractivity contribution >= 4 is 22.2 Å². The highest BCUT2D eigenvalue weighted by Gasteiger charge is 2.53. The molecule has 8 nitrogen and oxygen atoms in total. The number of carboxylic acid groups (broad SMARTS) is 2. The molecule has 1 saturated heterocycles. The van der Waals surface area contributed by atoms with Crippen molar-refractivity contribution in [2.45, 2.75) is 44.2 Å². The standard InChI is InChI=1S/C14H18F3NO7S/c1-2-9-10(11(19)20)18(12(21)22)7-13(9)5-3-8(4-6-13)25-26(23,24)14(15,16)17/h3,9-10H,2,4-7H2,1H3,(H,19,20)(H,21,22)/p-2. The van der Waals surface area contributed by atoms with Gasteiger partial charge < -0.3 is 28.9 Å². The number of likely N-dealkylation sites (tertiary alicyclic amines) is 1. The molecule has 1 fully saturated rings. The molecule has 1 spiro atoms. The van der Waals surface area contributed by atoms with Crippen LogP contribution in [0.5, 0.6) is 0 Å². The van der Waals surface area contributed by atoms with Gasteiger partial charge in [0.25, 0.3) is 0 Å². The van der Waals surface area contributed by atoms with Crippen LogP contribution in [-0.2, 0) is 19.1 Å². The number of carbonyl (C=O) groups excluding carboxylic acids is 2. The molecule has 1 amide bonds. The molecule has 0 bridgehead atoms. The summed E-state index contributed by atoms with van der Waals surface area (Å²) < 4.78 is 63.4. The first-order chi connectivity index (χ1) is 11.8. The predicted octanol–water partition coefficient (Wildman–Crippen LogP) is -0.290. The third-order valence-corrected chi connectivity index (χ3v) is 6.01. The van der Waals surface area contributed by atoms with Crippen molar-refractivity contribution in [3.8, 4) is 0 Å². The van der Waals surface area contributed by atoms with Crippen molar-refractivity contribution < 1.29 is 45.6 Å². The maximum Gasteiger partial charge on any atom is 0.534 e. The molecule has 12 heteroatoms. The first kappa shape index (κ1) is 20.3. The summed E-state index contributed by atoms with van der Waals surface area (Å²) in [4.78, 5) is 23.3. The first-order valence-corrected chi connectivity index (χ1v) is 9.14. The number of carboxylic acids is 1. The van der Waals surface area contributed by atoms with E-state index in [-0.39, 0.29) is 32.2 Å². The van der Waals surface area contributed by atoms with Gasteiger partial charge in [-0.2, -0.15) is 21.6 Å². The van der Waals surface area contributed by atoms with Crippen LogP contribution in [0, 0.1) is 11.3 Å². The average Bonchev–Trinajstić information content (AvgIpc) is 2.83. The zero-order valence-electron chi connectivity index (χ0n) is 13.6. The van der Waals surface area contributed by atoms with Crippen LogP contribution < -0.4 is 10.2 Å². The molecule has 148 valence electrons. The highest BCUT2D eigenvalue weighted by molar-refractivity contribution is 7.87. The predicted molar refractivity (Wildman–Crippen MR) is 75.1 cm³/mol. The highest BCUT2D eigenvalue weighted by atomic mass is 32.2. The Morgan fingerprint density at radius 2 is 2.00 bits per heavy atom. The zero-order valence-corrected chi connectivity index (χ0v) is 14.4. The lowest BCUT2D eigenvalue weighted by atomic mass is 9.67. The number of hydrogen-bond acceptors (Lipinski definition) is 7. The molecule has 3 atom stereocenters. The number of aliphatic carboxylic acids is 1. The molecular weight excluding hydrogens is 383 g/mol. The number of carbonyl (C=O) groups is 2. The van der Waals surface area contributed by atoms with E-state index in [0.717, 1.165) is 6.08 Å². The Labute approximate surface area is 147 Å². The summed E-state index contributed by atoms with van der Waals surface area (Å²) in [7, 11) is -5.79. The summed E-state index contributed by atoms with van der Waals surface area (Å²) in [6.07, 6.45) is -0.416. The molecule has 1 aliphatic heterocycles. The summed E-state index contributed by atoms with van der Waals surface area (Å²) in [6, 6.07) is -1.43.